The molecule has 0 aliphatic rings. The summed E-state index contributed by atoms with van der Waals surface area (Å²) in [6.07, 6.45) is 1.28. The monoisotopic (exact) mass is 215 g/mol. The fraction of sp³-hybridized carbons (Fsp3) is 0. The van der Waals surface area contributed by atoms with Gasteiger partial charge in [-0.05, 0) is 24.3 Å². The number of hydrogen-bond donors (Lipinski definition) is 2. The predicted molar refractivity (Wildman–Crippen MR) is 58.2 cm³/mol. The first-order valence-corrected chi connectivity index (χ1v) is 4.60. The van der Waals surface area contributed by atoms with Gasteiger partial charge in [0, 0.05) is 0 Å². The zero-order valence-electron chi connectivity index (χ0n) is 8.28. The summed E-state index contributed by atoms with van der Waals surface area (Å²) in [4.78, 5) is 3.83. The third kappa shape index (κ3) is 2.33. The second-order valence-electron chi connectivity index (χ2n) is 3.06. The van der Waals surface area contributed by atoms with E-state index in [2.05, 4.69) is 15.2 Å². The summed E-state index contributed by atoms with van der Waals surface area (Å²) in [7, 11) is 0. The van der Waals surface area contributed by atoms with Gasteiger partial charge in [-0.1, -0.05) is 12.1 Å². The van der Waals surface area contributed by atoms with Gasteiger partial charge in [0.2, 0.25) is 0 Å². The smallest absolute Gasteiger partial charge is 0.174 e. The maximum absolute atomic E-state index is 9.42. The molecule has 0 aliphatic carbocycles. The van der Waals surface area contributed by atoms with E-state index in [9.17, 15) is 5.11 Å². The molecule has 0 bridgehead atoms. The Morgan fingerprint density at radius 1 is 0.938 bits per heavy atom. The highest BCUT2D eigenvalue weighted by Crippen LogP contribution is 2.26. The highest BCUT2D eigenvalue weighted by atomic mass is 16.3. The number of hydrogen-bond acceptors (Lipinski definition) is 5. The van der Waals surface area contributed by atoms with E-state index < -0.39 is 0 Å². The summed E-state index contributed by atoms with van der Waals surface area (Å²) < 4.78 is 0. The quantitative estimate of drug-likeness (QED) is 0.756. The summed E-state index contributed by atoms with van der Waals surface area (Å²) >= 11 is 0. The van der Waals surface area contributed by atoms with Crippen LogP contribution in [0.25, 0.3) is 0 Å². The molecule has 0 amide bonds. The van der Waals surface area contributed by atoms with Crippen LogP contribution >= 0.6 is 0 Å². The van der Waals surface area contributed by atoms with E-state index >= 15 is 0 Å². The summed E-state index contributed by atoms with van der Waals surface area (Å²) in [6, 6.07) is 9.61. The van der Waals surface area contributed by atoms with Crippen LogP contribution in [0.2, 0.25) is 0 Å². The van der Waals surface area contributed by atoms with Gasteiger partial charge in [-0.2, -0.15) is 0 Å². The Morgan fingerprint density at radius 3 is 2.44 bits per heavy atom. The van der Waals surface area contributed by atoms with Crippen LogP contribution in [0.5, 0.6) is 11.5 Å². The first kappa shape index (κ1) is 10.1. The van der Waals surface area contributed by atoms with E-state index in [1.165, 1.54) is 24.4 Å². The predicted octanol–water partition coefficient (Wildman–Crippen LogP) is 2.91. The lowest BCUT2D eigenvalue weighted by molar-refractivity contribution is 0.472. The van der Waals surface area contributed by atoms with Crippen molar-refractivity contribution < 1.29 is 10.2 Å². The van der Waals surface area contributed by atoms with Gasteiger partial charge in [-0.3, -0.25) is 0 Å². The molecule has 0 spiro atoms. The number of phenolic OH excluding ortho intramolecular Hbond substituents is 1. The number of aromatic nitrogens is 1. The van der Waals surface area contributed by atoms with Crippen molar-refractivity contribution in [3.63, 3.8) is 0 Å². The fourth-order valence-electron chi connectivity index (χ4n) is 1.09. The Balaban J connectivity index is 2.21. The van der Waals surface area contributed by atoms with Crippen molar-refractivity contribution in [2.24, 2.45) is 10.2 Å². The van der Waals surface area contributed by atoms with Gasteiger partial charge in [0.05, 0.1) is 6.20 Å². The molecule has 1 aromatic carbocycles. The van der Waals surface area contributed by atoms with Gasteiger partial charge in [-0.15, -0.1) is 10.2 Å². The zero-order valence-corrected chi connectivity index (χ0v) is 8.28. The molecule has 0 saturated carbocycles. The zero-order chi connectivity index (χ0) is 11.4. The van der Waals surface area contributed by atoms with E-state index in [0.717, 1.165) is 0 Å². The van der Waals surface area contributed by atoms with Gasteiger partial charge in [0.25, 0.3) is 0 Å². The molecule has 0 fully saturated rings. The van der Waals surface area contributed by atoms with E-state index in [1.807, 2.05) is 0 Å². The lowest BCUT2D eigenvalue weighted by Gasteiger charge is -1.95. The van der Waals surface area contributed by atoms with Crippen molar-refractivity contribution in [1.82, 2.24) is 4.98 Å². The number of aromatic hydroxyl groups is 2. The number of benzene rings is 1. The van der Waals surface area contributed by atoms with Crippen LogP contribution < -0.4 is 0 Å². The largest absolute Gasteiger partial charge is 0.506 e. The van der Waals surface area contributed by atoms with Crippen molar-refractivity contribution in [2.45, 2.75) is 0 Å². The molecule has 0 atom stereocenters. The van der Waals surface area contributed by atoms with E-state index in [4.69, 9.17) is 5.11 Å². The molecule has 0 unspecified atom stereocenters. The van der Waals surface area contributed by atoms with E-state index in [1.54, 1.807) is 18.2 Å². The molecule has 2 rings (SSSR count). The Hall–Kier alpha value is -2.43. The minimum atomic E-state index is 0.0602. The second kappa shape index (κ2) is 4.39. The maximum atomic E-state index is 9.42. The van der Waals surface area contributed by atoms with Crippen molar-refractivity contribution in [3.05, 3.63) is 42.6 Å². The average molecular weight is 215 g/mol. The SMILES string of the molecule is Oc1ccc(N=Nc2ccccc2O)nc1. The summed E-state index contributed by atoms with van der Waals surface area (Å²) in [5.41, 5.74) is 0.373. The van der Waals surface area contributed by atoms with E-state index in [0.29, 0.717) is 11.5 Å². The first-order chi connectivity index (χ1) is 7.75. The molecule has 1 heterocycles. The van der Waals surface area contributed by atoms with Gasteiger partial charge in [-0.25, -0.2) is 4.98 Å². The standard InChI is InChI=1S/C11H9N3O2/c15-8-5-6-11(12-7-8)14-13-9-3-1-2-4-10(9)16/h1-7,15-16H. The minimum absolute atomic E-state index is 0.0602. The number of nitrogens with zero attached hydrogens (tertiary/aromatic N) is 3. The van der Waals surface area contributed by atoms with E-state index in [-0.39, 0.29) is 11.5 Å². The van der Waals surface area contributed by atoms with Crippen molar-refractivity contribution >= 4 is 11.5 Å². The molecule has 2 aromatic rings. The number of azo groups is 1. The van der Waals surface area contributed by atoms with Crippen molar-refractivity contribution in [2.75, 3.05) is 0 Å². The molecule has 0 radical (unpaired) electrons. The van der Waals surface area contributed by atoms with Gasteiger partial charge in [0.15, 0.2) is 5.82 Å². The number of pyridine rings is 1. The normalized spacial score (nSPS) is 10.8. The Morgan fingerprint density at radius 2 is 1.75 bits per heavy atom. The molecule has 0 aliphatic heterocycles. The van der Waals surface area contributed by atoms with Crippen LogP contribution in [-0.4, -0.2) is 15.2 Å². The minimum Gasteiger partial charge on any atom is -0.506 e. The second-order valence-corrected chi connectivity index (χ2v) is 3.06. The summed E-state index contributed by atoms with van der Waals surface area (Å²) in [5.74, 6) is 0.493. The van der Waals surface area contributed by atoms with Crippen LogP contribution in [0.1, 0.15) is 0 Å². The molecular weight excluding hydrogens is 206 g/mol. The van der Waals surface area contributed by atoms with Gasteiger partial charge >= 0.3 is 0 Å². The third-order valence-corrected chi connectivity index (χ3v) is 1.87. The van der Waals surface area contributed by atoms with Crippen LogP contribution in [0.15, 0.2) is 52.8 Å². The Kier molecular flexibility index (Phi) is 2.77. The topological polar surface area (TPSA) is 78.1 Å². The van der Waals surface area contributed by atoms with Crippen LogP contribution in [0.4, 0.5) is 11.5 Å². The van der Waals surface area contributed by atoms with Gasteiger partial charge < -0.3 is 10.2 Å². The molecule has 0 saturated heterocycles. The third-order valence-electron chi connectivity index (χ3n) is 1.87. The molecule has 80 valence electrons. The van der Waals surface area contributed by atoms with Crippen LogP contribution in [0.3, 0.4) is 0 Å². The van der Waals surface area contributed by atoms with Crippen molar-refractivity contribution in [1.29, 1.82) is 0 Å². The van der Waals surface area contributed by atoms with Crippen molar-refractivity contribution in [3.8, 4) is 11.5 Å². The molecule has 1 aromatic heterocycles. The number of phenols is 1. The van der Waals surface area contributed by atoms with Crippen LogP contribution in [0, 0.1) is 0 Å². The number of para-hydroxylation sites is 1. The van der Waals surface area contributed by atoms with Crippen LogP contribution in [-0.2, 0) is 0 Å². The fourth-order valence-corrected chi connectivity index (χ4v) is 1.09. The Bertz CT molecular complexity index is 509. The Labute approximate surface area is 91.7 Å². The molecular formula is C11H9N3O2. The lowest BCUT2D eigenvalue weighted by atomic mass is 10.3. The molecule has 2 N–H and O–H groups in total. The highest BCUT2D eigenvalue weighted by Gasteiger charge is 1.97. The average Bonchev–Trinajstić information content (AvgIpc) is 2.30. The maximum Gasteiger partial charge on any atom is 0.174 e. The summed E-state index contributed by atoms with van der Waals surface area (Å²) in [5, 5.41) is 26.1. The molecule has 16 heavy (non-hydrogen) atoms. The van der Waals surface area contributed by atoms with Gasteiger partial charge in [0.1, 0.15) is 17.2 Å². The molecule has 5 nitrogen and oxygen atoms in total. The first-order valence-electron chi connectivity index (χ1n) is 4.60. The lowest BCUT2D eigenvalue weighted by Crippen LogP contribution is -1.71. The number of rotatable bonds is 2. The molecule has 5 heteroatoms. The highest BCUT2D eigenvalue weighted by molar-refractivity contribution is 5.50. The summed E-state index contributed by atoms with van der Waals surface area (Å²) in [6.45, 7) is 0.